The number of hydrogen-bond donors (Lipinski definition) is 2. The average Bonchev–Trinajstić information content (AvgIpc) is 2.57. The van der Waals surface area contributed by atoms with Gasteiger partial charge in [0.25, 0.3) is 5.91 Å². The molecule has 0 aliphatic heterocycles. The largest absolute Gasteiger partial charge is 0.453 e. The van der Waals surface area contributed by atoms with Crippen molar-refractivity contribution in [3.05, 3.63) is 29.8 Å². The maximum Gasteiger partial charge on any atom is 0.407 e. The Labute approximate surface area is 165 Å². The van der Waals surface area contributed by atoms with E-state index in [4.69, 9.17) is 9.47 Å². The summed E-state index contributed by atoms with van der Waals surface area (Å²) in [5.41, 5.74) is 0.331. The van der Waals surface area contributed by atoms with Crippen LogP contribution in [-0.2, 0) is 19.1 Å². The standard InChI is InChI=1S/C20H28N2O6/c1-13(23)15-8-6-9-16(12-15)22-18(25)14(2)27-17(24)10-7-11-21-19(26)28-20(3,4)5/h6,8-9,12,14H,7,10-11H2,1-5H3,(H,21,26)(H,22,25)/t14-/m1/s1. The summed E-state index contributed by atoms with van der Waals surface area (Å²) in [6, 6.07) is 6.49. The third kappa shape index (κ3) is 9.16. The number of carbonyl (C=O) groups is 4. The number of rotatable bonds is 8. The summed E-state index contributed by atoms with van der Waals surface area (Å²) in [4.78, 5) is 46.8. The van der Waals surface area contributed by atoms with Gasteiger partial charge in [0, 0.05) is 24.2 Å². The SMILES string of the molecule is CC(=O)c1cccc(NC(=O)[C@@H](C)OC(=O)CCCNC(=O)OC(C)(C)C)c1. The van der Waals surface area contributed by atoms with Crippen molar-refractivity contribution < 1.29 is 28.7 Å². The molecular formula is C20H28N2O6. The van der Waals surface area contributed by atoms with Crippen LogP contribution in [0.1, 0.15) is 57.8 Å². The van der Waals surface area contributed by atoms with E-state index in [9.17, 15) is 19.2 Å². The van der Waals surface area contributed by atoms with Gasteiger partial charge in [0.2, 0.25) is 0 Å². The zero-order valence-electron chi connectivity index (χ0n) is 17.0. The van der Waals surface area contributed by atoms with Crippen LogP contribution < -0.4 is 10.6 Å². The lowest BCUT2D eigenvalue weighted by Crippen LogP contribution is -2.33. The van der Waals surface area contributed by atoms with E-state index in [2.05, 4.69) is 10.6 Å². The van der Waals surface area contributed by atoms with Crippen molar-refractivity contribution in [2.24, 2.45) is 0 Å². The minimum atomic E-state index is -0.993. The van der Waals surface area contributed by atoms with Crippen LogP contribution in [0.5, 0.6) is 0 Å². The summed E-state index contributed by atoms with van der Waals surface area (Å²) in [5, 5.41) is 5.15. The van der Waals surface area contributed by atoms with Gasteiger partial charge in [-0.2, -0.15) is 0 Å². The minimum absolute atomic E-state index is 0.0488. The molecule has 1 aromatic carbocycles. The second-order valence-corrected chi connectivity index (χ2v) is 7.29. The second-order valence-electron chi connectivity index (χ2n) is 7.29. The van der Waals surface area contributed by atoms with Gasteiger partial charge in [-0.05, 0) is 53.2 Å². The number of ether oxygens (including phenoxy) is 2. The number of hydrogen-bond acceptors (Lipinski definition) is 6. The number of anilines is 1. The Hall–Kier alpha value is -2.90. The van der Waals surface area contributed by atoms with E-state index < -0.39 is 29.7 Å². The van der Waals surface area contributed by atoms with E-state index in [-0.39, 0.29) is 18.7 Å². The van der Waals surface area contributed by atoms with Crippen LogP contribution in [0.25, 0.3) is 0 Å². The van der Waals surface area contributed by atoms with Gasteiger partial charge in [-0.25, -0.2) is 4.79 Å². The van der Waals surface area contributed by atoms with E-state index in [0.29, 0.717) is 17.7 Å². The predicted octanol–water partition coefficient (Wildman–Crippen LogP) is 3.06. The molecule has 1 aromatic rings. The Balaban J connectivity index is 2.35. The fourth-order valence-electron chi connectivity index (χ4n) is 2.11. The van der Waals surface area contributed by atoms with Crippen LogP contribution in [-0.4, -0.2) is 42.0 Å². The molecule has 0 aromatic heterocycles. The maximum atomic E-state index is 12.1. The molecule has 2 amide bonds. The molecule has 1 rings (SSSR count). The third-order valence-corrected chi connectivity index (χ3v) is 3.44. The molecule has 0 bridgehead atoms. The lowest BCUT2D eigenvalue weighted by molar-refractivity contribution is -0.153. The van der Waals surface area contributed by atoms with Crippen LogP contribution in [0.15, 0.2) is 24.3 Å². The van der Waals surface area contributed by atoms with E-state index in [1.54, 1.807) is 45.0 Å². The van der Waals surface area contributed by atoms with Gasteiger partial charge in [0.15, 0.2) is 11.9 Å². The Morgan fingerprint density at radius 2 is 1.82 bits per heavy atom. The first-order valence-corrected chi connectivity index (χ1v) is 9.06. The number of ketones is 1. The normalized spacial score (nSPS) is 11.9. The molecular weight excluding hydrogens is 364 g/mol. The molecule has 0 fully saturated rings. The van der Waals surface area contributed by atoms with Gasteiger partial charge in [0.05, 0.1) is 0 Å². The van der Waals surface area contributed by atoms with Crippen LogP contribution in [0.2, 0.25) is 0 Å². The number of alkyl carbamates (subject to hydrolysis) is 1. The van der Waals surface area contributed by atoms with Gasteiger partial charge >= 0.3 is 12.1 Å². The first kappa shape index (κ1) is 23.1. The van der Waals surface area contributed by atoms with Gasteiger partial charge in [0.1, 0.15) is 5.60 Å². The van der Waals surface area contributed by atoms with Crippen LogP contribution in [0.3, 0.4) is 0 Å². The number of nitrogens with one attached hydrogen (secondary N) is 2. The molecule has 0 aliphatic carbocycles. The van der Waals surface area contributed by atoms with E-state index >= 15 is 0 Å². The highest BCUT2D eigenvalue weighted by molar-refractivity contribution is 5.98. The Bertz CT molecular complexity index is 724. The Morgan fingerprint density at radius 1 is 1.14 bits per heavy atom. The summed E-state index contributed by atoms with van der Waals surface area (Å²) >= 11 is 0. The quantitative estimate of drug-likeness (QED) is 0.400. The zero-order valence-corrected chi connectivity index (χ0v) is 17.0. The van der Waals surface area contributed by atoms with E-state index in [0.717, 1.165) is 0 Å². The van der Waals surface area contributed by atoms with Crippen molar-refractivity contribution in [2.75, 3.05) is 11.9 Å². The molecule has 8 heteroatoms. The second kappa shape index (κ2) is 10.4. The maximum absolute atomic E-state index is 12.1. The Morgan fingerprint density at radius 3 is 2.43 bits per heavy atom. The molecule has 0 radical (unpaired) electrons. The molecule has 154 valence electrons. The van der Waals surface area contributed by atoms with Gasteiger partial charge < -0.3 is 20.1 Å². The summed E-state index contributed by atoms with van der Waals surface area (Å²) < 4.78 is 10.2. The number of benzene rings is 1. The first-order chi connectivity index (χ1) is 13.0. The molecule has 0 aliphatic rings. The van der Waals surface area contributed by atoms with E-state index in [1.807, 2.05) is 0 Å². The lowest BCUT2D eigenvalue weighted by Gasteiger charge is -2.19. The lowest BCUT2D eigenvalue weighted by atomic mass is 10.1. The van der Waals surface area contributed by atoms with Gasteiger partial charge in [-0.15, -0.1) is 0 Å². The van der Waals surface area contributed by atoms with Gasteiger partial charge in [-0.1, -0.05) is 12.1 Å². The monoisotopic (exact) mass is 392 g/mol. The zero-order chi connectivity index (χ0) is 21.3. The van der Waals surface area contributed by atoms with Gasteiger partial charge in [-0.3, -0.25) is 14.4 Å². The molecule has 1 atom stereocenters. The summed E-state index contributed by atoms with van der Waals surface area (Å²) in [6.07, 6.45) is -1.14. The van der Waals surface area contributed by atoms with Crippen LogP contribution >= 0.6 is 0 Å². The molecule has 28 heavy (non-hydrogen) atoms. The molecule has 0 unspecified atom stereocenters. The topological polar surface area (TPSA) is 111 Å². The van der Waals surface area contributed by atoms with Crippen molar-refractivity contribution in [2.45, 2.75) is 59.2 Å². The highest BCUT2D eigenvalue weighted by atomic mass is 16.6. The van der Waals surface area contributed by atoms with Crippen molar-refractivity contribution in [1.82, 2.24) is 5.32 Å². The van der Waals surface area contributed by atoms with Crippen molar-refractivity contribution in [1.29, 1.82) is 0 Å². The third-order valence-electron chi connectivity index (χ3n) is 3.44. The van der Waals surface area contributed by atoms with Crippen molar-refractivity contribution in [3.63, 3.8) is 0 Å². The minimum Gasteiger partial charge on any atom is -0.453 e. The first-order valence-electron chi connectivity index (χ1n) is 9.06. The predicted molar refractivity (Wildman–Crippen MR) is 104 cm³/mol. The summed E-state index contributed by atoms with van der Waals surface area (Å²) in [7, 11) is 0. The molecule has 0 heterocycles. The molecule has 8 nitrogen and oxygen atoms in total. The van der Waals surface area contributed by atoms with Crippen LogP contribution in [0.4, 0.5) is 10.5 Å². The molecule has 0 saturated heterocycles. The van der Waals surface area contributed by atoms with Crippen molar-refractivity contribution in [3.8, 4) is 0 Å². The summed E-state index contributed by atoms with van der Waals surface area (Å²) in [6.45, 7) is 8.42. The number of Topliss-reactive ketones (excluding diaryl/α,β-unsaturated/α-hetero) is 1. The molecule has 2 N–H and O–H groups in total. The Kier molecular flexibility index (Phi) is 8.63. The fourth-order valence-corrected chi connectivity index (χ4v) is 2.11. The highest BCUT2D eigenvalue weighted by Gasteiger charge is 2.19. The van der Waals surface area contributed by atoms with Crippen molar-refractivity contribution >= 4 is 29.4 Å². The number of amides is 2. The molecule has 0 saturated carbocycles. The number of esters is 1. The fraction of sp³-hybridized carbons (Fsp3) is 0.500. The van der Waals surface area contributed by atoms with Crippen LogP contribution in [0, 0.1) is 0 Å². The van der Waals surface area contributed by atoms with E-state index in [1.165, 1.54) is 13.8 Å². The summed E-state index contributed by atoms with van der Waals surface area (Å²) in [5.74, 6) is -1.16. The number of carbonyl (C=O) groups excluding carboxylic acids is 4. The average molecular weight is 392 g/mol. The smallest absolute Gasteiger partial charge is 0.407 e. The highest BCUT2D eigenvalue weighted by Crippen LogP contribution is 2.12. The molecule has 0 spiro atoms.